The van der Waals surface area contributed by atoms with Crippen LogP contribution in [0, 0.1) is 50.2 Å². The van der Waals surface area contributed by atoms with Crippen molar-refractivity contribution in [2.75, 3.05) is 19.8 Å². The third kappa shape index (κ3) is 10.5. The van der Waals surface area contributed by atoms with Crippen LogP contribution < -0.4 is 0 Å². The maximum atomic E-state index is 15.4. The number of aliphatic hydroxyl groups excluding tert-OH is 10. The first kappa shape index (κ1) is 61.1. The normalized spacial score (nSPS) is 48.8. The largest absolute Gasteiger partial charge is 0.481 e. The van der Waals surface area contributed by atoms with E-state index in [-0.39, 0.29) is 28.6 Å². The van der Waals surface area contributed by atoms with Crippen molar-refractivity contribution in [3.63, 3.8) is 0 Å². The van der Waals surface area contributed by atoms with E-state index in [1.54, 1.807) is 6.92 Å². The van der Waals surface area contributed by atoms with Crippen LogP contribution in [-0.4, -0.2) is 214 Å². The number of carboxylic acids is 2. The third-order valence-corrected chi connectivity index (χ3v) is 20.7. The highest BCUT2D eigenvalue weighted by atomic mass is 16.8. The number of aliphatic hydroxyl groups is 11. The molecule has 0 aromatic rings. The van der Waals surface area contributed by atoms with Gasteiger partial charge in [0.2, 0.25) is 6.29 Å². The van der Waals surface area contributed by atoms with Gasteiger partial charge in [-0.1, -0.05) is 46.3 Å². The van der Waals surface area contributed by atoms with Crippen molar-refractivity contribution in [2.24, 2.45) is 50.2 Å². The first-order valence-corrected chi connectivity index (χ1v) is 27.4. The molecule has 0 amide bonds. The number of hydrogen-bond donors (Lipinski definition) is 13. The van der Waals surface area contributed by atoms with E-state index in [9.17, 15) is 75.7 Å². The molecule has 0 bridgehead atoms. The Morgan fingerprint density at radius 2 is 1.27 bits per heavy atom. The van der Waals surface area contributed by atoms with Crippen molar-refractivity contribution in [1.82, 2.24) is 0 Å². The van der Waals surface area contributed by atoms with Gasteiger partial charge in [-0.15, -0.1) is 0 Å². The zero-order valence-corrected chi connectivity index (χ0v) is 45.5. The highest BCUT2D eigenvalue weighted by Crippen LogP contribution is 2.76. The van der Waals surface area contributed by atoms with Crippen LogP contribution in [0.4, 0.5) is 0 Å². The number of esters is 2. The highest BCUT2D eigenvalue weighted by Gasteiger charge is 2.71. The number of carboxylic acid groups (broad SMARTS) is 2. The number of rotatable bonds is 15. The van der Waals surface area contributed by atoms with Gasteiger partial charge in [-0.2, -0.15) is 0 Å². The predicted octanol–water partition coefficient (Wildman–Crippen LogP) is -0.628. The van der Waals surface area contributed by atoms with Crippen LogP contribution in [-0.2, 0) is 52.3 Å². The lowest BCUT2D eigenvalue weighted by Crippen LogP contribution is -2.67. The molecule has 3 heterocycles. The highest BCUT2D eigenvalue weighted by molar-refractivity contribution is 5.79. The molecule has 4 saturated carbocycles. The topological polar surface area (TPSA) is 396 Å². The number of allylic oxidation sites excluding steroid dienone is 2. The Bertz CT molecular complexity index is 2260. The molecule has 25 atom stereocenters. The third-order valence-electron chi connectivity index (χ3n) is 20.7. The maximum Gasteiger partial charge on any atom is 0.315 e. The second-order valence-corrected chi connectivity index (χ2v) is 26.0. The molecule has 3 aliphatic heterocycles. The zero-order valence-electron chi connectivity index (χ0n) is 45.5. The molecule has 0 aromatic heterocycles. The summed E-state index contributed by atoms with van der Waals surface area (Å²) >= 11 is 0. The Balaban J connectivity index is 1.07. The monoisotopic (exact) mass is 1120 g/mol. The molecule has 78 heavy (non-hydrogen) atoms. The molecule has 8 rings (SSSR count). The summed E-state index contributed by atoms with van der Waals surface area (Å²) in [7, 11) is 0. The minimum Gasteiger partial charge on any atom is -0.481 e. The lowest BCUT2D eigenvalue weighted by molar-refractivity contribution is -0.363. The molecule has 0 radical (unpaired) electrons. The fourth-order valence-corrected chi connectivity index (χ4v) is 15.7. The Kier molecular flexibility index (Phi) is 17.2. The van der Waals surface area contributed by atoms with E-state index >= 15 is 4.79 Å². The minimum absolute atomic E-state index is 0.0606. The standard InChI is InChI=1S/C54H84O24/c1-48(2)14-16-54(17-15-51(5)24(25(54)18-48)8-9-29-50(4)12-11-31(56)53(7,46(68)69)30(50)10-13-52(29,51)6)47(70)78-45-41(67)42(36(62)28(76-45)23-73-43-39(65)37(63)34(60)26(21-55)74-43)77-44-40(66)38(64)35(61)27(75-44)22-72-33(59)20-49(3,71)19-32(57)58/h8,25-31,34-45,55-56,60-67,71H,9-23H2,1-7H3,(H,57,58)(H,68,69)/t25-,26+,27+,28+,29+,30+,31-,34+,35+,36+,37-,38-,39+,40+,41+,42-,43+,44-,45-,49-,50+,51+,52+,53-,54-/m0/s1. The van der Waals surface area contributed by atoms with Gasteiger partial charge in [0, 0.05) is 0 Å². The van der Waals surface area contributed by atoms with E-state index in [0.29, 0.717) is 64.2 Å². The van der Waals surface area contributed by atoms with E-state index < -0.39 is 182 Å². The quantitative estimate of drug-likeness (QED) is 0.0717. The fraction of sp³-hybridized carbons (Fsp3) is 0.889. The summed E-state index contributed by atoms with van der Waals surface area (Å²) in [6.07, 6.45) is -23.0. The zero-order chi connectivity index (χ0) is 57.6. The summed E-state index contributed by atoms with van der Waals surface area (Å²) in [5.41, 5.74) is -4.84. The van der Waals surface area contributed by atoms with Gasteiger partial charge in [0.25, 0.3) is 0 Å². The van der Waals surface area contributed by atoms with Crippen molar-refractivity contribution in [1.29, 1.82) is 0 Å². The molecule has 3 saturated heterocycles. The van der Waals surface area contributed by atoms with E-state index in [0.717, 1.165) is 12.5 Å². The van der Waals surface area contributed by atoms with Gasteiger partial charge >= 0.3 is 23.9 Å². The smallest absolute Gasteiger partial charge is 0.315 e. The summed E-state index contributed by atoms with van der Waals surface area (Å²) < 4.78 is 40.6. The Morgan fingerprint density at radius 1 is 0.667 bits per heavy atom. The summed E-state index contributed by atoms with van der Waals surface area (Å²) in [4.78, 5) is 52.2. The Labute approximate surface area is 452 Å². The summed E-state index contributed by atoms with van der Waals surface area (Å²) in [5, 5.41) is 140. The van der Waals surface area contributed by atoms with Crippen molar-refractivity contribution < 1.29 is 119 Å². The van der Waals surface area contributed by atoms with Crippen LogP contribution in [0.25, 0.3) is 0 Å². The maximum absolute atomic E-state index is 15.4. The molecule has 0 aromatic carbocycles. The first-order chi connectivity index (χ1) is 36.2. The molecule has 5 aliphatic carbocycles. The van der Waals surface area contributed by atoms with Crippen molar-refractivity contribution in [3.8, 4) is 0 Å². The summed E-state index contributed by atoms with van der Waals surface area (Å²) in [5.74, 6) is -4.82. The lowest BCUT2D eigenvalue weighted by atomic mass is 9.33. The van der Waals surface area contributed by atoms with Gasteiger partial charge in [-0.05, 0) is 117 Å². The average Bonchev–Trinajstić information content (AvgIpc) is 3.45. The number of carbonyl (C=O) groups is 4. The van der Waals surface area contributed by atoms with Crippen LogP contribution in [0.5, 0.6) is 0 Å². The van der Waals surface area contributed by atoms with Gasteiger partial charge in [0.1, 0.15) is 79.9 Å². The van der Waals surface area contributed by atoms with Crippen LogP contribution in [0.1, 0.15) is 126 Å². The lowest BCUT2D eigenvalue weighted by Gasteiger charge is -2.71. The first-order valence-electron chi connectivity index (χ1n) is 27.4. The second kappa shape index (κ2) is 22.0. The molecular formula is C54H84O24. The van der Waals surface area contributed by atoms with Gasteiger partial charge in [0.05, 0.1) is 48.6 Å². The average molecular weight is 1120 g/mol. The van der Waals surface area contributed by atoms with E-state index in [1.165, 1.54) is 0 Å². The van der Waals surface area contributed by atoms with Crippen LogP contribution in [0.2, 0.25) is 0 Å². The predicted molar refractivity (Wildman–Crippen MR) is 264 cm³/mol. The van der Waals surface area contributed by atoms with Crippen molar-refractivity contribution >= 4 is 23.9 Å². The van der Waals surface area contributed by atoms with Crippen LogP contribution in [0.15, 0.2) is 11.6 Å². The van der Waals surface area contributed by atoms with E-state index in [2.05, 4.69) is 40.7 Å². The Hall–Kier alpha value is -3.02. The second-order valence-electron chi connectivity index (χ2n) is 26.0. The van der Waals surface area contributed by atoms with Gasteiger partial charge < -0.3 is 99.5 Å². The number of aliphatic carboxylic acids is 2. The van der Waals surface area contributed by atoms with Crippen molar-refractivity contribution in [3.05, 3.63) is 11.6 Å². The SMILES string of the molecule is CC1(C)CC[C@]2(C(=O)O[C@@H]3O[C@H](CO[C@@H]4O[C@H](CO)[C@@H](O)[C@H](O)[C@H]4O)[C@@H](O)[C@H](O[C@@H]4O[C@H](COC(=O)C[C@@](C)(O)CC(=O)O)[C@@H](O)[C@H](O)[C@H]4O)[C@H]3O)CC[C@]3(C)C(=CC[C@@H]4[C@@]5(C)CC[C@H](O)[C@@](C)(C(=O)O)[C@@H]5CC[C@]43C)[C@@H]2C1. The number of hydrogen-bond acceptors (Lipinski definition) is 22. The minimum atomic E-state index is -2.11. The van der Waals surface area contributed by atoms with Crippen molar-refractivity contribution in [2.45, 2.75) is 229 Å². The van der Waals surface area contributed by atoms with E-state index in [4.69, 9.17) is 38.3 Å². The number of fused-ring (bicyclic) bond motifs is 7. The van der Waals surface area contributed by atoms with Gasteiger partial charge in [-0.25, -0.2) is 0 Å². The molecular weight excluding hydrogens is 1030 g/mol. The van der Waals surface area contributed by atoms with Gasteiger partial charge in [-0.3, -0.25) is 19.2 Å². The molecule has 7 fully saturated rings. The van der Waals surface area contributed by atoms with E-state index in [1.807, 2.05) is 0 Å². The van der Waals surface area contributed by atoms with Crippen LogP contribution in [0.3, 0.4) is 0 Å². The summed E-state index contributed by atoms with van der Waals surface area (Å²) in [6.45, 7) is 11.4. The molecule has 8 aliphatic rings. The van der Waals surface area contributed by atoms with Gasteiger partial charge in [0.15, 0.2) is 12.6 Å². The molecule has 0 unspecified atom stereocenters. The molecule has 444 valence electrons. The number of carbonyl (C=O) groups excluding carboxylic acids is 2. The number of ether oxygens (including phenoxy) is 7. The molecule has 24 nitrogen and oxygen atoms in total. The van der Waals surface area contributed by atoms with Crippen LogP contribution >= 0.6 is 0 Å². The summed E-state index contributed by atoms with van der Waals surface area (Å²) in [6, 6.07) is 0. The molecule has 0 spiro atoms. The molecule has 13 N–H and O–H groups in total. The fourth-order valence-electron chi connectivity index (χ4n) is 15.7. The Morgan fingerprint density at radius 3 is 1.91 bits per heavy atom. The molecule has 24 heteroatoms.